The zero-order chi connectivity index (χ0) is 17.6. The van der Waals surface area contributed by atoms with Gasteiger partial charge in [0.25, 0.3) is 0 Å². The zero-order valence-corrected chi connectivity index (χ0v) is 14.4. The standard InChI is InChI=1S/C19H12Cl2N2O2/c20-15-3-5-17(6-4-15)23-11-13-8-16(21)10-18(9-13)25-19(24)14-2-1-7-22-12-14/h1-12H. The number of benzene rings is 2. The van der Waals surface area contributed by atoms with Gasteiger partial charge in [-0.05, 0) is 60.2 Å². The molecule has 4 nitrogen and oxygen atoms in total. The Kier molecular flexibility index (Phi) is 5.43. The summed E-state index contributed by atoms with van der Waals surface area (Å²) in [5.41, 5.74) is 1.81. The largest absolute Gasteiger partial charge is 0.423 e. The van der Waals surface area contributed by atoms with Gasteiger partial charge in [-0.25, -0.2) is 4.79 Å². The summed E-state index contributed by atoms with van der Waals surface area (Å²) in [4.78, 5) is 20.3. The lowest BCUT2D eigenvalue weighted by atomic mass is 10.2. The number of aromatic nitrogens is 1. The fourth-order valence-electron chi connectivity index (χ4n) is 2.04. The second-order valence-corrected chi connectivity index (χ2v) is 5.96. The molecular formula is C19H12Cl2N2O2. The molecule has 124 valence electrons. The molecule has 0 unspecified atom stereocenters. The van der Waals surface area contributed by atoms with Crippen molar-refractivity contribution in [1.29, 1.82) is 0 Å². The molecule has 0 saturated carbocycles. The molecule has 1 aromatic heterocycles. The third-order valence-corrected chi connectivity index (χ3v) is 3.66. The second kappa shape index (κ2) is 7.92. The molecule has 2 aromatic carbocycles. The molecule has 0 radical (unpaired) electrons. The van der Waals surface area contributed by atoms with Crippen LogP contribution in [0.5, 0.6) is 5.75 Å². The Hall–Kier alpha value is -2.69. The van der Waals surface area contributed by atoms with Gasteiger partial charge < -0.3 is 4.74 Å². The molecule has 25 heavy (non-hydrogen) atoms. The van der Waals surface area contributed by atoms with Gasteiger partial charge in [-0.3, -0.25) is 9.98 Å². The van der Waals surface area contributed by atoms with Crippen LogP contribution in [0.3, 0.4) is 0 Å². The van der Waals surface area contributed by atoms with Crippen LogP contribution in [-0.2, 0) is 0 Å². The van der Waals surface area contributed by atoms with E-state index in [0.29, 0.717) is 26.9 Å². The van der Waals surface area contributed by atoms with Crippen molar-refractivity contribution in [3.05, 3.63) is 88.2 Å². The smallest absolute Gasteiger partial charge is 0.345 e. The molecule has 0 saturated heterocycles. The van der Waals surface area contributed by atoms with E-state index in [1.807, 2.05) is 0 Å². The minimum absolute atomic E-state index is 0.332. The molecule has 0 bridgehead atoms. The molecule has 0 fully saturated rings. The minimum Gasteiger partial charge on any atom is -0.423 e. The molecule has 0 amide bonds. The van der Waals surface area contributed by atoms with Gasteiger partial charge in [0.2, 0.25) is 0 Å². The van der Waals surface area contributed by atoms with E-state index in [0.717, 1.165) is 5.69 Å². The predicted octanol–water partition coefficient (Wildman–Crippen LogP) is 5.36. The molecule has 0 aliphatic heterocycles. The average molecular weight is 371 g/mol. The highest BCUT2D eigenvalue weighted by molar-refractivity contribution is 6.31. The first-order chi connectivity index (χ1) is 12.1. The third kappa shape index (κ3) is 4.89. The fraction of sp³-hybridized carbons (Fsp3) is 0. The van der Waals surface area contributed by atoms with E-state index < -0.39 is 5.97 Å². The van der Waals surface area contributed by atoms with E-state index in [9.17, 15) is 4.79 Å². The monoisotopic (exact) mass is 370 g/mol. The number of halogens is 2. The first kappa shape index (κ1) is 17.1. The van der Waals surface area contributed by atoms with Crippen LogP contribution in [0.15, 0.2) is 72.0 Å². The Labute approximate surface area is 154 Å². The van der Waals surface area contributed by atoms with Crippen LogP contribution in [0.2, 0.25) is 10.0 Å². The Bertz CT molecular complexity index is 910. The van der Waals surface area contributed by atoms with Crippen molar-refractivity contribution in [2.75, 3.05) is 0 Å². The summed E-state index contributed by atoms with van der Waals surface area (Å²) in [6.45, 7) is 0. The highest BCUT2D eigenvalue weighted by Gasteiger charge is 2.09. The van der Waals surface area contributed by atoms with Gasteiger partial charge in [0.15, 0.2) is 0 Å². The number of hydrogen-bond donors (Lipinski definition) is 0. The molecule has 0 N–H and O–H groups in total. The number of pyridine rings is 1. The SMILES string of the molecule is O=C(Oc1cc(Cl)cc(C=Nc2ccc(Cl)cc2)c1)c1cccnc1. The van der Waals surface area contributed by atoms with Crippen molar-refractivity contribution in [3.8, 4) is 5.75 Å². The van der Waals surface area contributed by atoms with Crippen LogP contribution < -0.4 is 4.74 Å². The van der Waals surface area contributed by atoms with Crippen LogP contribution in [-0.4, -0.2) is 17.2 Å². The van der Waals surface area contributed by atoms with E-state index in [1.165, 1.54) is 6.20 Å². The molecule has 0 aliphatic carbocycles. The number of rotatable bonds is 4. The summed E-state index contributed by atoms with van der Waals surface area (Å²) in [6, 6.07) is 15.4. The van der Waals surface area contributed by atoms with Gasteiger partial charge in [-0.15, -0.1) is 0 Å². The Morgan fingerprint density at radius 3 is 2.56 bits per heavy atom. The second-order valence-electron chi connectivity index (χ2n) is 5.09. The van der Waals surface area contributed by atoms with Gasteiger partial charge in [0.05, 0.1) is 11.3 Å². The number of ether oxygens (including phenoxy) is 1. The summed E-state index contributed by atoms with van der Waals surface area (Å²) in [5, 5.41) is 1.08. The Morgan fingerprint density at radius 2 is 1.84 bits per heavy atom. The van der Waals surface area contributed by atoms with E-state index >= 15 is 0 Å². The highest BCUT2D eigenvalue weighted by atomic mass is 35.5. The molecule has 0 aliphatic rings. The van der Waals surface area contributed by atoms with Crippen molar-refractivity contribution in [1.82, 2.24) is 4.98 Å². The average Bonchev–Trinajstić information content (AvgIpc) is 2.61. The van der Waals surface area contributed by atoms with Crippen molar-refractivity contribution >= 4 is 41.1 Å². The number of carbonyl (C=O) groups is 1. The first-order valence-electron chi connectivity index (χ1n) is 7.32. The maximum absolute atomic E-state index is 12.1. The number of aliphatic imine (C=N–C) groups is 1. The summed E-state index contributed by atoms with van der Waals surface area (Å²) in [7, 11) is 0. The van der Waals surface area contributed by atoms with Gasteiger partial charge >= 0.3 is 5.97 Å². The molecule has 3 aromatic rings. The van der Waals surface area contributed by atoms with Crippen molar-refractivity contribution in [2.24, 2.45) is 4.99 Å². The number of carbonyl (C=O) groups excluding carboxylic acids is 1. The lowest BCUT2D eigenvalue weighted by molar-refractivity contribution is 0.0734. The maximum atomic E-state index is 12.1. The van der Waals surface area contributed by atoms with Gasteiger partial charge in [0.1, 0.15) is 5.75 Å². The summed E-state index contributed by atoms with van der Waals surface area (Å²) >= 11 is 11.9. The van der Waals surface area contributed by atoms with Crippen LogP contribution >= 0.6 is 23.2 Å². The normalized spacial score (nSPS) is 10.8. The molecular weight excluding hydrogens is 359 g/mol. The molecule has 3 rings (SSSR count). The summed E-state index contributed by atoms with van der Waals surface area (Å²) in [5.74, 6) is -0.171. The summed E-state index contributed by atoms with van der Waals surface area (Å²) < 4.78 is 5.35. The van der Waals surface area contributed by atoms with E-state index in [1.54, 1.807) is 67.0 Å². The van der Waals surface area contributed by atoms with Crippen molar-refractivity contribution in [2.45, 2.75) is 0 Å². The number of nitrogens with zero attached hydrogens (tertiary/aromatic N) is 2. The Morgan fingerprint density at radius 1 is 1.04 bits per heavy atom. The number of hydrogen-bond acceptors (Lipinski definition) is 4. The molecule has 6 heteroatoms. The van der Waals surface area contributed by atoms with Gasteiger partial charge in [-0.2, -0.15) is 0 Å². The van der Waals surface area contributed by atoms with Crippen molar-refractivity contribution < 1.29 is 9.53 Å². The summed E-state index contributed by atoms with van der Waals surface area (Å²) in [6.07, 6.45) is 4.66. The lowest BCUT2D eigenvalue weighted by Gasteiger charge is -2.06. The van der Waals surface area contributed by atoms with E-state index in [2.05, 4.69) is 9.98 Å². The van der Waals surface area contributed by atoms with Crippen LogP contribution in [0.4, 0.5) is 5.69 Å². The molecule has 0 atom stereocenters. The quantitative estimate of drug-likeness (QED) is 0.353. The van der Waals surface area contributed by atoms with Gasteiger partial charge in [0, 0.05) is 28.7 Å². The molecule has 1 heterocycles. The van der Waals surface area contributed by atoms with Crippen LogP contribution in [0.1, 0.15) is 15.9 Å². The third-order valence-electron chi connectivity index (χ3n) is 3.19. The Balaban J connectivity index is 1.78. The van der Waals surface area contributed by atoms with Crippen LogP contribution in [0.25, 0.3) is 0 Å². The number of esters is 1. The molecule has 0 spiro atoms. The van der Waals surface area contributed by atoms with Crippen LogP contribution in [0, 0.1) is 0 Å². The predicted molar refractivity (Wildman–Crippen MR) is 99.4 cm³/mol. The zero-order valence-electron chi connectivity index (χ0n) is 12.9. The lowest BCUT2D eigenvalue weighted by Crippen LogP contribution is -2.08. The minimum atomic E-state index is -0.504. The van der Waals surface area contributed by atoms with E-state index in [4.69, 9.17) is 27.9 Å². The fourth-order valence-corrected chi connectivity index (χ4v) is 2.40. The topological polar surface area (TPSA) is 51.5 Å². The highest BCUT2D eigenvalue weighted by Crippen LogP contribution is 2.22. The maximum Gasteiger partial charge on any atom is 0.345 e. The van der Waals surface area contributed by atoms with Gasteiger partial charge in [-0.1, -0.05) is 23.2 Å². The van der Waals surface area contributed by atoms with E-state index in [-0.39, 0.29) is 0 Å². The van der Waals surface area contributed by atoms with Crippen molar-refractivity contribution in [3.63, 3.8) is 0 Å². The first-order valence-corrected chi connectivity index (χ1v) is 8.08.